The standard InChI is InChI=1S/C14H23NOS/c1-10-5-6-13(11(2)7-10)14(15-4)9-17-12(3)8-16/h5-7,12,14-16H,8-9H2,1-4H3. The van der Waals surface area contributed by atoms with E-state index in [4.69, 9.17) is 5.11 Å². The van der Waals surface area contributed by atoms with Gasteiger partial charge >= 0.3 is 0 Å². The van der Waals surface area contributed by atoms with E-state index in [-0.39, 0.29) is 6.61 Å². The van der Waals surface area contributed by atoms with Gasteiger partial charge in [0.05, 0.1) is 6.61 Å². The summed E-state index contributed by atoms with van der Waals surface area (Å²) in [6.07, 6.45) is 0. The van der Waals surface area contributed by atoms with Crippen LogP contribution in [-0.2, 0) is 0 Å². The van der Waals surface area contributed by atoms with Crippen molar-refractivity contribution in [1.82, 2.24) is 5.32 Å². The van der Waals surface area contributed by atoms with Gasteiger partial charge in [-0.2, -0.15) is 11.8 Å². The van der Waals surface area contributed by atoms with Crippen LogP contribution in [0.3, 0.4) is 0 Å². The Kier molecular flexibility index (Phi) is 6.03. The third kappa shape index (κ3) is 4.34. The van der Waals surface area contributed by atoms with Crippen LogP contribution in [0.5, 0.6) is 0 Å². The lowest BCUT2D eigenvalue weighted by atomic mass is 10.0. The maximum Gasteiger partial charge on any atom is 0.0547 e. The average molecular weight is 253 g/mol. The number of thioether (sulfide) groups is 1. The zero-order valence-corrected chi connectivity index (χ0v) is 12.0. The first-order valence-corrected chi connectivity index (χ1v) is 7.10. The molecule has 0 spiro atoms. The monoisotopic (exact) mass is 253 g/mol. The number of aliphatic hydroxyl groups excluding tert-OH is 1. The first-order chi connectivity index (χ1) is 8.08. The second-order valence-corrected chi connectivity index (χ2v) is 6.00. The molecule has 0 aliphatic heterocycles. The molecule has 2 nitrogen and oxygen atoms in total. The first kappa shape index (κ1) is 14.6. The summed E-state index contributed by atoms with van der Waals surface area (Å²) in [5.41, 5.74) is 4.00. The SMILES string of the molecule is CNC(CSC(C)CO)c1ccc(C)cc1C. The van der Waals surface area contributed by atoms with E-state index >= 15 is 0 Å². The zero-order chi connectivity index (χ0) is 12.8. The molecule has 1 aromatic carbocycles. The molecule has 0 bridgehead atoms. The molecule has 96 valence electrons. The van der Waals surface area contributed by atoms with Crippen molar-refractivity contribution in [3.8, 4) is 0 Å². The lowest BCUT2D eigenvalue weighted by Crippen LogP contribution is -2.21. The van der Waals surface area contributed by atoms with Crippen LogP contribution in [0.2, 0.25) is 0 Å². The Labute approximate surface area is 109 Å². The van der Waals surface area contributed by atoms with E-state index in [0.29, 0.717) is 11.3 Å². The van der Waals surface area contributed by atoms with Gasteiger partial charge in [0, 0.05) is 17.0 Å². The molecule has 0 fully saturated rings. The van der Waals surface area contributed by atoms with Crippen LogP contribution in [0.25, 0.3) is 0 Å². The summed E-state index contributed by atoms with van der Waals surface area (Å²) in [5, 5.41) is 12.7. The molecule has 0 aliphatic carbocycles. The number of hydrogen-bond donors (Lipinski definition) is 2. The van der Waals surface area contributed by atoms with Gasteiger partial charge in [0.1, 0.15) is 0 Å². The van der Waals surface area contributed by atoms with Crippen molar-refractivity contribution >= 4 is 11.8 Å². The van der Waals surface area contributed by atoms with Gasteiger partial charge in [-0.3, -0.25) is 0 Å². The van der Waals surface area contributed by atoms with E-state index in [0.717, 1.165) is 5.75 Å². The summed E-state index contributed by atoms with van der Waals surface area (Å²) in [6, 6.07) is 6.94. The van der Waals surface area contributed by atoms with Gasteiger partial charge in [-0.1, -0.05) is 30.7 Å². The second-order valence-electron chi connectivity index (χ2n) is 4.53. The maximum atomic E-state index is 9.04. The van der Waals surface area contributed by atoms with Gasteiger partial charge in [0.15, 0.2) is 0 Å². The Balaban J connectivity index is 2.72. The highest BCUT2D eigenvalue weighted by molar-refractivity contribution is 7.99. The normalized spacial score (nSPS) is 14.6. The molecule has 0 amide bonds. The Bertz CT molecular complexity index is 354. The molecule has 0 radical (unpaired) electrons. The highest BCUT2D eigenvalue weighted by Gasteiger charge is 2.13. The van der Waals surface area contributed by atoms with E-state index in [1.807, 2.05) is 7.05 Å². The van der Waals surface area contributed by atoms with E-state index in [2.05, 4.69) is 44.3 Å². The minimum atomic E-state index is 0.244. The second kappa shape index (κ2) is 7.04. The van der Waals surface area contributed by atoms with Crippen LogP contribution in [0.15, 0.2) is 18.2 Å². The number of rotatable bonds is 6. The molecule has 1 aromatic rings. The lowest BCUT2D eigenvalue weighted by Gasteiger charge is -2.20. The quantitative estimate of drug-likeness (QED) is 0.817. The number of hydrogen-bond acceptors (Lipinski definition) is 3. The van der Waals surface area contributed by atoms with Crippen molar-refractivity contribution in [2.45, 2.75) is 32.1 Å². The highest BCUT2D eigenvalue weighted by Crippen LogP contribution is 2.24. The van der Waals surface area contributed by atoms with Crippen LogP contribution in [0, 0.1) is 13.8 Å². The molecule has 1 rings (SSSR count). The fraction of sp³-hybridized carbons (Fsp3) is 0.571. The average Bonchev–Trinajstić information content (AvgIpc) is 2.31. The van der Waals surface area contributed by atoms with E-state index in [9.17, 15) is 0 Å². The molecular weight excluding hydrogens is 230 g/mol. The summed E-state index contributed by atoms with van der Waals surface area (Å²) in [6.45, 7) is 6.58. The van der Waals surface area contributed by atoms with Crippen molar-refractivity contribution in [3.63, 3.8) is 0 Å². The first-order valence-electron chi connectivity index (χ1n) is 6.05. The van der Waals surface area contributed by atoms with E-state index in [1.165, 1.54) is 16.7 Å². The van der Waals surface area contributed by atoms with E-state index < -0.39 is 0 Å². The molecule has 0 aliphatic rings. The number of aryl methyl sites for hydroxylation is 2. The van der Waals surface area contributed by atoms with Gasteiger partial charge in [-0.25, -0.2) is 0 Å². The summed E-state index contributed by atoms with van der Waals surface area (Å²) < 4.78 is 0. The molecule has 3 heteroatoms. The summed E-state index contributed by atoms with van der Waals surface area (Å²) in [5.74, 6) is 0.988. The molecule has 17 heavy (non-hydrogen) atoms. The summed E-state index contributed by atoms with van der Waals surface area (Å²) in [7, 11) is 1.99. The van der Waals surface area contributed by atoms with Crippen molar-refractivity contribution in [2.75, 3.05) is 19.4 Å². The largest absolute Gasteiger partial charge is 0.395 e. The Morgan fingerprint density at radius 2 is 2.06 bits per heavy atom. The fourth-order valence-corrected chi connectivity index (χ4v) is 2.83. The van der Waals surface area contributed by atoms with Crippen LogP contribution in [0.4, 0.5) is 0 Å². The van der Waals surface area contributed by atoms with Crippen LogP contribution < -0.4 is 5.32 Å². The van der Waals surface area contributed by atoms with E-state index in [1.54, 1.807) is 11.8 Å². The lowest BCUT2D eigenvalue weighted by molar-refractivity contribution is 0.300. The van der Waals surface area contributed by atoms with Gasteiger partial charge < -0.3 is 10.4 Å². The van der Waals surface area contributed by atoms with Crippen LogP contribution in [-0.4, -0.2) is 29.8 Å². The molecule has 0 heterocycles. The molecule has 0 aromatic heterocycles. The van der Waals surface area contributed by atoms with Crippen molar-refractivity contribution in [3.05, 3.63) is 34.9 Å². The molecule has 2 unspecified atom stereocenters. The predicted molar refractivity (Wildman–Crippen MR) is 76.7 cm³/mol. The fourth-order valence-electron chi connectivity index (χ4n) is 1.86. The Hall–Kier alpha value is -0.510. The maximum absolute atomic E-state index is 9.04. The smallest absolute Gasteiger partial charge is 0.0547 e. The third-order valence-electron chi connectivity index (χ3n) is 2.95. The Morgan fingerprint density at radius 3 is 2.59 bits per heavy atom. The van der Waals surface area contributed by atoms with Crippen LogP contribution in [0.1, 0.15) is 29.7 Å². The number of aliphatic hydroxyl groups is 1. The Morgan fingerprint density at radius 1 is 1.35 bits per heavy atom. The predicted octanol–water partition coefficient (Wildman–Crippen LogP) is 2.68. The van der Waals surface area contributed by atoms with Gasteiger partial charge in [0.25, 0.3) is 0 Å². The molecular formula is C14H23NOS. The molecule has 0 saturated carbocycles. The summed E-state index contributed by atoms with van der Waals surface area (Å²) >= 11 is 1.80. The molecule has 0 saturated heterocycles. The molecule has 2 atom stereocenters. The minimum Gasteiger partial charge on any atom is -0.395 e. The number of nitrogens with one attached hydrogen (secondary N) is 1. The molecule has 2 N–H and O–H groups in total. The van der Waals surface area contributed by atoms with Crippen LogP contribution >= 0.6 is 11.8 Å². The summed E-state index contributed by atoms with van der Waals surface area (Å²) in [4.78, 5) is 0. The van der Waals surface area contributed by atoms with Crippen molar-refractivity contribution < 1.29 is 5.11 Å². The van der Waals surface area contributed by atoms with Crippen molar-refractivity contribution in [1.29, 1.82) is 0 Å². The van der Waals surface area contributed by atoms with Gasteiger partial charge in [-0.05, 0) is 32.0 Å². The third-order valence-corrected chi connectivity index (χ3v) is 4.20. The minimum absolute atomic E-state index is 0.244. The highest BCUT2D eigenvalue weighted by atomic mass is 32.2. The zero-order valence-electron chi connectivity index (χ0n) is 11.2. The number of benzene rings is 1. The topological polar surface area (TPSA) is 32.3 Å². The van der Waals surface area contributed by atoms with Gasteiger partial charge in [0.2, 0.25) is 0 Å². The van der Waals surface area contributed by atoms with Crippen molar-refractivity contribution in [2.24, 2.45) is 0 Å². The van der Waals surface area contributed by atoms with Gasteiger partial charge in [-0.15, -0.1) is 0 Å².